The Kier molecular flexibility index (Phi) is 4.12. The summed E-state index contributed by atoms with van der Waals surface area (Å²) in [5, 5.41) is 8.62. The van der Waals surface area contributed by atoms with Gasteiger partial charge < -0.3 is 10.6 Å². The van der Waals surface area contributed by atoms with Gasteiger partial charge in [-0.15, -0.1) is 0 Å². The lowest BCUT2D eigenvalue weighted by molar-refractivity contribution is 0.677. The van der Waals surface area contributed by atoms with Crippen molar-refractivity contribution in [2.45, 2.75) is 33.2 Å². The minimum absolute atomic E-state index is 0.308. The molecule has 0 aliphatic rings. The van der Waals surface area contributed by atoms with Crippen molar-refractivity contribution in [2.75, 3.05) is 17.2 Å². The van der Waals surface area contributed by atoms with Crippen molar-refractivity contribution in [3.8, 4) is 6.07 Å². The Bertz CT molecular complexity index is 392. The first-order valence-corrected chi connectivity index (χ1v) is 5.42. The number of aromatic nitrogens is 1. The van der Waals surface area contributed by atoms with E-state index in [0.717, 1.165) is 17.1 Å². The second-order valence-corrected chi connectivity index (χ2v) is 4.09. The molecule has 4 nitrogen and oxygen atoms in total. The van der Waals surface area contributed by atoms with Crippen LogP contribution in [-0.4, -0.2) is 17.6 Å². The Hall–Kier alpha value is -1.76. The summed E-state index contributed by atoms with van der Waals surface area (Å²) in [5.41, 5.74) is 7.58. The number of hydrogen-bond donors (Lipinski definition) is 1. The molecule has 1 aromatic heterocycles. The Balaban J connectivity index is 2.93. The van der Waals surface area contributed by atoms with Gasteiger partial charge in [-0.25, -0.2) is 4.98 Å². The maximum atomic E-state index is 8.62. The van der Waals surface area contributed by atoms with Crippen LogP contribution >= 0.6 is 0 Å². The van der Waals surface area contributed by atoms with Gasteiger partial charge in [-0.3, -0.25) is 0 Å². The number of pyridine rings is 1. The summed E-state index contributed by atoms with van der Waals surface area (Å²) in [6.45, 7) is 6.77. The summed E-state index contributed by atoms with van der Waals surface area (Å²) >= 11 is 0. The number of nitriles is 1. The predicted molar refractivity (Wildman–Crippen MR) is 66.1 cm³/mol. The van der Waals surface area contributed by atoms with Crippen molar-refractivity contribution < 1.29 is 0 Å². The monoisotopic (exact) mass is 218 g/mol. The molecule has 0 saturated carbocycles. The predicted octanol–water partition coefficient (Wildman–Crippen LogP) is 2.10. The topological polar surface area (TPSA) is 65.9 Å². The third-order valence-electron chi connectivity index (χ3n) is 2.51. The Morgan fingerprint density at radius 1 is 1.56 bits per heavy atom. The molecule has 0 aromatic carbocycles. The van der Waals surface area contributed by atoms with Gasteiger partial charge in [0.05, 0.1) is 12.5 Å². The van der Waals surface area contributed by atoms with Crippen LogP contribution in [0.25, 0.3) is 0 Å². The van der Waals surface area contributed by atoms with E-state index in [-0.39, 0.29) is 0 Å². The fraction of sp³-hybridized carbons (Fsp3) is 0.500. The minimum atomic E-state index is 0.308. The third-order valence-corrected chi connectivity index (χ3v) is 2.51. The summed E-state index contributed by atoms with van der Waals surface area (Å²) < 4.78 is 0. The van der Waals surface area contributed by atoms with Gasteiger partial charge in [0.1, 0.15) is 5.82 Å². The SMILES string of the molecule is Cc1cnc(N(CCC#N)C(C)C)cc1N. The van der Waals surface area contributed by atoms with Crippen molar-refractivity contribution in [2.24, 2.45) is 0 Å². The smallest absolute Gasteiger partial charge is 0.130 e. The average molecular weight is 218 g/mol. The van der Waals surface area contributed by atoms with Crippen LogP contribution in [0.3, 0.4) is 0 Å². The highest BCUT2D eigenvalue weighted by Gasteiger charge is 2.12. The van der Waals surface area contributed by atoms with Crippen molar-refractivity contribution in [3.63, 3.8) is 0 Å². The second kappa shape index (κ2) is 5.36. The molecule has 0 saturated heterocycles. The molecular weight excluding hydrogens is 200 g/mol. The van der Waals surface area contributed by atoms with Crippen molar-refractivity contribution in [3.05, 3.63) is 17.8 Å². The fourth-order valence-corrected chi connectivity index (χ4v) is 1.49. The van der Waals surface area contributed by atoms with E-state index in [0.29, 0.717) is 19.0 Å². The van der Waals surface area contributed by atoms with Crippen LogP contribution in [0.5, 0.6) is 0 Å². The second-order valence-electron chi connectivity index (χ2n) is 4.09. The van der Waals surface area contributed by atoms with Crippen LogP contribution in [-0.2, 0) is 0 Å². The van der Waals surface area contributed by atoms with Crippen LogP contribution in [0.2, 0.25) is 0 Å². The molecule has 16 heavy (non-hydrogen) atoms. The van der Waals surface area contributed by atoms with E-state index in [1.54, 1.807) is 6.20 Å². The molecule has 1 aromatic rings. The van der Waals surface area contributed by atoms with Gasteiger partial charge in [0.25, 0.3) is 0 Å². The Morgan fingerprint density at radius 3 is 2.75 bits per heavy atom. The average Bonchev–Trinajstić information content (AvgIpc) is 2.23. The molecule has 0 amide bonds. The quantitative estimate of drug-likeness (QED) is 0.840. The highest BCUT2D eigenvalue weighted by atomic mass is 15.2. The third kappa shape index (κ3) is 2.86. The van der Waals surface area contributed by atoms with Crippen LogP contribution in [0, 0.1) is 18.3 Å². The van der Waals surface area contributed by atoms with Gasteiger partial charge in [0.15, 0.2) is 0 Å². The van der Waals surface area contributed by atoms with E-state index in [1.807, 2.05) is 13.0 Å². The highest BCUT2D eigenvalue weighted by Crippen LogP contribution is 2.19. The number of nitrogens with two attached hydrogens (primary N) is 1. The standard InChI is InChI=1S/C12H18N4/c1-9(2)16(6-4-5-13)12-7-11(14)10(3)8-15-12/h7-9H,4,6H2,1-3H3,(H2,14,15). The van der Waals surface area contributed by atoms with Gasteiger partial charge >= 0.3 is 0 Å². The summed E-state index contributed by atoms with van der Waals surface area (Å²) in [6.07, 6.45) is 2.26. The molecule has 0 spiro atoms. The van der Waals surface area contributed by atoms with Crippen LogP contribution < -0.4 is 10.6 Å². The van der Waals surface area contributed by atoms with E-state index < -0.39 is 0 Å². The van der Waals surface area contributed by atoms with Gasteiger partial charge in [-0.05, 0) is 26.3 Å². The molecule has 0 aliphatic heterocycles. The molecule has 0 atom stereocenters. The number of hydrogen-bond acceptors (Lipinski definition) is 4. The normalized spacial score (nSPS) is 10.2. The first-order valence-electron chi connectivity index (χ1n) is 5.42. The zero-order chi connectivity index (χ0) is 12.1. The Morgan fingerprint density at radius 2 is 2.25 bits per heavy atom. The van der Waals surface area contributed by atoms with Crippen molar-refractivity contribution >= 4 is 11.5 Å². The van der Waals surface area contributed by atoms with E-state index >= 15 is 0 Å². The van der Waals surface area contributed by atoms with E-state index in [1.165, 1.54) is 0 Å². The molecule has 0 aliphatic carbocycles. The number of aryl methyl sites for hydroxylation is 1. The number of rotatable bonds is 4. The molecule has 86 valence electrons. The van der Waals surface area contributed by atoms with Gasteiger partial charge in [0.2, 0.25) is 0 Å². The number of nitrogen functional groups attached to an aromatic ring is 1. The minimum Gasteiger partial charge on any atom is -0.398 e. The molecule has 2 N–H and O–H groups in total. The largest absolute Gasteiger partial charge is 0.398 e. The van der Waals surface area contributed by atoms with E-state index in [9.17, 15) is 0 Å². The van der Waals surface area contributed by atoms with Crippen molar-refractivity contribution in [1.82, 2.24) is 4.98 Å². The van der Waals surface area contributed by atoms with Gasteiger partial charge in [0, 0.05) is 30.5 Å². The maximum absolute atomic E-state index is 8.62. The molecule has 0 bridgehead atoms. The lowest BCUT2D eigenvalue weighted by Gasteiger charge is -2.27. The summed E-state index contributed by atoms with van der Waals surface area (Å²) in [4.78, 5) is 6.43. The van der Waals surface area contributed by atoms with Crippen molar-refractivity contribution in [1.29, 1.82) is 5.26 Å². The summed E-state index contributed by atoms with van der Waals surface area (Å²) in [6, 6.07) is 4.32. The molecule has 0 radical (unpaired) electrons. The molecule has 4 heteroatoms. The van der Waals surface area contributed by atoms with E-state index in [4.69, 9.17) is 11.0 Å². The van der Waals surface area contributed by atoms with Crippen LogP contribution in [0.4, 0.5) is 11.5 Å². The summed E-state index contributed by atoms with van der Waals surface area (Å²) in [5.74, 6) is 0.841. The zero-order valence-electron chi connectivity index (χ0n) is 10.1. The first kappa shape index (κ1) is 12.3. The molecule has 0 unspecified atom stereocenters. The molecular formula is C12H18N4. The molecule has 0 fully saturated rings. The molecule has 1 rings (SSSR count). The van der Waals surface area contributed by atoms with Gasteiger partial charge in [-0.1, -0.05) is 0 Å². The number of anilines is 2. The van der Waals surface area contributed by atoms with Crippen LogP contribution in [0.1, 0.15) is 25.8 Å². The first-order chi connectivity index (χ1) is 7.56. The highest BCUT2D eigenvalue weighted by molar-refractivity contribution is 5.55. The molecule has 1 heterocycles. The van der Waals surface area contributed by atoms with E-state index in [2.05, 4.69) is 29.8 Å². The maximum Gasteiger partial charge on any atom is 0.130 e. The zero-order valence-corrected chi connectivity index (χ0v) is 10.1. The fourth-order valence-electron chi connectivity index (χ4n) is 1.49. The lowest BCUT2D eigenvalue weighted by Crippen LogP contribution is -2.32. The lowest BCUT2D eigenvalue weighted by atomic mass is 10.2. The van der Waals surface area contributed by atoms with Crippen LogP contribution in [0.15, 0.2) is 12.3 Å². The Labute approximate surface area is 96.7 Å². The van der Waals surface area contributed by atoms with Gasteiger partial charge in [-0.2, -0.15) is 5.26 Å². The number of nitrogens with zero attached hydrogens (tertiary/aromatic N) is 3. The summed E-state index contributed by atoms with van der Waals surface area (Å²) in [7, 11) is 0.